The Morgan fingerprint density at radius 3 is 2.40 bits per heavy atom. The number of nitrogens with zero attached hydrogens (tertiary/aromatic N) is 2. The zero-order chi connectivity index (χ0) is 24.0. The number of oxazole rings is 1. The van der Waals surface area contributed by atoms with Crippen molar-refractivity contribution in [1.29, 1.82) is 0 Å². The molecule has 35 heavy (non-hydrogen) atoms. The first-order chi connectivity index (χ1) is 16.4. The summed E-state index contributed by atoms with van der Waals surface area (Å²) in [7, 11) is 4.39. The van der Waals surface area contributed by atoms with Crippen molar-refractivity contribution < 1.29 is 35.7 Å². The number of aromatic nitrogens is 1. The van der Waals surface area contributed by atoms with Crippen molar-refractivity contribution in [3.05, 3.63) is 83.6 Å². The van der Waals surface area contributed by atoms with E-state index < -0.39 is 5.60 Å². The second-order valence-corrected chi connectivity index (χ2v) is 10.4. The topological polar surface area (TPSA) is 55.5 Å². The van der Waals surface area contributed by atoms with E-state index >= 15 is 0 Å². The van der Waals surface area contributed by atoms with Gasteiger partial charge in [0, 0.05) is 12.3 Å². The van der Waals surface area contributed by atoms with Crippen LogP contribution in [0.15, 0.2) is 65.2 Å². The zero-order valence-corrected chi connectivity index (χ0v) is 22.8. The molecule has 0 radical (unpaired) electrons. The van der Waals surface area contributed by atoms with Gasteiger partial charge in [-0.25, -0.2) is 4.98 Å². The molecule has 0 bridgehead atoms. The number of rotatable bonds is 10. The summed E-state index contributed by atoms with van der Waals surface area (Å²) in [5, 5.41) is 12.0. The Hall–Kier alpha value is -2.15. The monoisotopic (exact) mass is 542 g/mol. The Bertz CT molecular complexity index is 1030. The largest absolute Gasteiger partial charge is 1.00 e. The Labute approximate surface area is 220 Å². The van der Waals surface area contributed by atoms with Gasteiger partial charge in [-0.15, -0.1) is 0 Å². The maximum Gasteiger partial charge on any atom is 0.231 e. The number of benzene rings is 2. The molecule has 1 atom stereocenters. The average molecular weight is 544 g/mol. The van der Waals surface area contributed by atoms with Gasteiger partial charge in [-0.1, -0.05) is 67.3 Å². The average Bonchev–Trinajstić information content (AvgIpc) is 3.32. The SMILES string of the molecule is Cc1ccc(OCCC[N+](C)(C)Cc2cnc([C@](O)(c3ccccc3)C3CCCCC3)o2)cc1.[Br-]. The van der Waals surface area contributed by atoms with Gasteiger partial charge in [0.1, 0.15) is 12.3 Å². The smallest absolute Gasteiger partial charge is 0.231 e. The number of aryl methyl sites for hydroxylation is 1. The van der Waals surface area contributed by atoms with Crippen LogP contribution in [0, 0.1) is 12.8 Å². The predicted molar refractivity (Wildman–Crippen MR) is 134 cm³/mol. The zero-order valence-electron chi connectivity index (χ0n) is 21.3. The number of ether oxygens (including phenoxy) is 1. The minimum absolute atomic E-state index is 0. The molecule has 0 unspecified atom stereocenters. The van der Waals surface area contributed by atoms with Gasteiger partial charge in [0.15, 0.2) is 11.4 Å². The molecule has 0 aliphatic heterocycles. The summed E-state index contributed by atoms with van der Waals surface area (Å²) >= 11 is 0. The molecule has 1 aromatic heterocycles. The number of quaternary nitrogens is 1. The molecule has 1 aliphatic carbocycles. The third-order valence-electron chi connectivity index (χ3n) is 7.07. The van der Waals surface area contributed by atoms with Crippen LogP contribution in [0.2, 0.25) is 0 Å². The highest BCUT2D eigenvalue weighted by molar-refractivity contribution is 5.30. The molecule has 4 rings (SSSR count). The minimum atomic E-state index is -1.18. The molecule has 0 saturated heterocycles. The first-order valence-corrected chi connectivity index (χ1v) is 12.6. The molecule has 5 nitrogen and oxygen atoms in total. The number of aliphatic hydroxyl groups is 1. The van der Waals surface area contributed by atoms with Crippen molar-refractivity contribution in [3.63, 3.8) is 0 Å². The fraction of sp³-hybridized carbons (Fsp3) is 0.483. The van der Waals surface area contributed by atoms with E-state index in [0.29, 0.717) is 19.0 Å². The van der Waals surface area contributed by atoms with Gasteiger partial charge in [0.05, 0.1) is 33.4 Å². The van der Waals surface area contributed by atoms with E-state index in [4.69, 9.17) is 9.15 Å². The third kappa shape index (κ3) is 6.96. The van der Waals surface area contributed by atoms with Crippen LogP contribution >= 0.6 is 0 Å². The van der Waals surface area contributed by atoms with E-state index in [2.05, 4.69) is 38.1 Å². The summed E-state index contributed by atoms with van der Waals surface area (Å²) in [5.41, 5.74) is 0.926. The maximum absolute atomic E-state index is 12.0. The van der Waals surface area contributed by atoms with Crippen LogP contribution < -0.4 is 21.7 Å². The van der Waals surface area contributed by atoms with Crippen molar-refractivity contribution in [2.75, 3.05) is 27.2 Å². The highest BCUT2D eigenvalue weighted by Crippen LogP contribution is 2.43. The van der Waals surface area contributed by atoms with Crippen molar-refractivity contribution >= 4 is 0 Å². The minimum Gasteiger partial charge on any atom is -1.00 e. The summed E-state index contributed by atoms with van der Waals surface area (Å²) < 4.78 is 12.9. The molecule has 1 heterocycles. The van der Waals surface area contributed by atoms with Gasteiger partial charge in [-0.2, -0.15) is 0 Å². The Balaban J connectivity index is 0.00000342. The number of halogens is 1. The highest BCUT2D eigenvalue weighted by Gasteiger charge is 2.44. The van der Waals surface area contributed by atoms with E-state index in [1.54, 1.807) is 6.20 Å². The van der Waals surface area contributed by atoms with Crippen molar-refractivity contribution in [1.82, 2.24) is 4.98 Å². The molecule has 1 N–H and O–H groups in total. The normalized spacial score (nSPS) is 16.3. The molecule has 190 valence electrons. The molecule has 1 saturated carbocycles. The van der Waals surface area contributed by atoms with Gasteiger partial charge in [-0.05, 0) is 37.5 Å². The van der Waals surface area contributed by atoms with Crippen molar-refractivity contribution in [2.45, 2.75) is 57.6 Å². The molecular weight excluding hydrogens is 504 g/mol. The van der Waals surface area contributed by atoms with Gasteiger partial charge >= 0.3 is 0 Å². The van der Waals surface area contributed by atoms with Gasteiger partial charge in [0.25, 0.3) is 0 Å². The Kier molecular flexibility index (Phi) is 9.56. The Morgan fingerprint density at radius 1 is 1.03 bits per heavy atom. The summed E-state index contributed by atoms with van der Waals surface area (Å²) in [5.74, 6) is 2.28. The highest BCUT2D eigenvalue weighted by atomic mass is 79.9. The lowest BCUT2D eigenvalue weighted by molar-refractivity contribution is -0.904. The van der Waals surface area contributed by atoms with Crippen molar-refractivity contribution in [2.24, 2.45) is 5.92 Å². The second kappa shape index (κ2) is 12.2. The molecule has 2 aromatic carbocycles. The van der Waals surface area contributed by atoms with Gasteiger partial charge in [-0.3, -0.25) is 0 Å². The van der Waals surface area contributed by atoms with Gasteiger partial charge < -0.3 is 35.7 Å². The third-order valence-corrected chi connectivity index (χ3v) is 7.07. The van der Waals surface area contributed by atoms with E-state index in [-0.39, 0.29) is 22.9 Å². The summed E-state index contributed by atoms with van der Waals surface area (Å²) in [6.45, 7) is 4.43. The standard InChI is InChI=1S/C29H39N2O3.BrH/c1-23-15-17-26(18-16-23)33-20-10-19-31(2,3)22-27-21-30-28(34-27)29(32,24-11-6-4-7-12-24)25-13-8-5-9-14-25;/h4,6-7,11-12,15-18,21,25,32H,5,8-10,13-14,19-20,22H2,1-3H3;1H/q+1;/p-1/t29-;/m0./s1. The first-order valence-electron chi connectivity index (χ1n) is 12.6. The molecular formula is C29H39BrN2O3. The lowest BCUT2D eigenvalue weighted by atomic mass is 9.73. The first kappa shape index (κ1) is 27.4. The molecule has 1 aliphatic rings. The van der Waals surface area contributed by atoms with Crippen LogP contribution in [0.4, 0.5) is 0 Å². The maximum atomic E-state index is 12.0. The molecule has 1 fully saturated rings. The van der Waals surface area contributed by atoms with Crippen LogP contribution in [0.5, 0.6) is 5.75 Å². The number of hydrogen-bond acceptors (Lipinski definition) is 4. The fourth-order valence-corrected chi connectivity index (χ4v) is 5.12. The van der Waals surface area contributed by atoms with Crippen LogP contribution in [0.25, 0.3) is 0 Å². The van der Waals surface area contributed by atoms with Crippen molar-refractivity contribution in [3.8, 4) is 5.75 Å². The lowest BCUT2D eigenvalue weighted by Crippen LogP contribution is -3.00. The van der Waals surface area contributed by atoms with Crippen LogP contribution in [-0.2, 0) is 12.1 Å². The quantitative estimate of drug-likeness (QED) is 0.316. The predicted octanol–water partition coefficient (Wildman–Crippen LogP) is 2.85. The fourth-order valence-electron chi connectivity index (χ4n) is 5.12. The lowest BCUT2D eigenvalue weighted by Gasteiger charge is -2.36. The van der Waals surface area contributed by atoms with E-state index in [0.717, 1.165) is 60.2 Å². The van der Waals surface area contributed by atoms with E-state index in [9.17, 15) is 5.11 Å². The van der Waals surface area contributed by atoms with Crippen LogP contribution in [0.3, 0.4) is 0 Å². The summed E-state index contributed by atoms with van der Waals surface area (Å²) in [6, 6.07) is 18.1. The molecule has 6 heteroatoms. The summed E-state index contributed by atoms with van der Waals surface area (Å²) in [6.07, 6.45) is 8.24. The van der Waals surface area contributed by atoms with Gasteiger partial charge in [0.2, 0.25) is 5.89 Å². The molecule has 3 aromatic rings. The van der Waals surface area contributed by atoms with Crippen LogP contribution in [-0.4, -0.2) is 41.8 Å². The summed E-state index contributed by atoms with van der Waals surface area (Å²) in [4.78, 5) is 4.62. The molecule has 0 amide bonds. The second-order valence-electron chi connectivity index (χ2n) is 10.4. The van der Waals surface area contributed by atoms with E-state index in [1.807, 2.05) is 42.5 Å². The number of hydrogen-bond donors (Lipinski definition) is 1. The Morgan fingerprint density at radius 2 is 1.71 bits per heavy atom. The van der Waals surface area contributed by atoms with E-state index in [1.165, 1.54) is 12.0 Å². The van der Waals surface area contributed by atoms with Crippen LogP contribution in [0.1, 0.15) is 61.3 Å². The molecule has 0 spiro atoms.